The van der Waals surface area contributed by atoms with Crippen LogP contribution in [0.15, 0.2) is 97.1 Å². The Morgan fingerprint density at radius 2 is 1.50 bits per heavy atom. The van der Waals surface area contributed by atoms with Gasteiger partial charge in [-0.25, -0.2) is 0 Å². The number of aliphatic hydroxyl groups excluding tert-OH is 1. The first-order valence-corrected chi connectivity index (χ1v) is 18.6. The summed E-state index contributed by atoms with van der Waals surface area (Å²) in [6.45, 7) is 4.43. The fourth-order valence-electron chi connectivity index (χ4n) is 7.02. The smallest absolute Gasteiger partial charge is 0.303 e. The number of non-ortho nitro benzene ring substituents is 1. The fraction of sp³-hybridized carbons (Fsp3) is 0.381. The van der Waals surface area contributed by atoms with Gasteiger partial charge in [0.15, 0.2) is 6.29 Å². The van der Waals surface area contributed by atoms with E-state index in [4.69, 9.17) is 14.6 Å². The fourth-order valence-corrected chi connectivity index (χ4v) is 7.02. The Balaban J connectivity index is 1.07. The molecule has 0 unspecified atom stereocenters. The first kappa shape index (κ1) is 38.6. The number of nitro groups is 1. The van der Waals surface area contributed by atoms with Crippen molar-refractivity contribution in [3.63, 3.8) is 0 Å². The number of piperazine rings is 1. The zero-order valence-electron chi connectivity index (χ0n) is 30.3. The molecule has 2 saturated heterocycles. The van der Waals surface area contributed by atoms with Gasteiger partial charge in [-0.3, -0.25) is 24.6 Å². The van der Waals surface area contributed by atoms with Crippen molar-refractivity contribution in [2.24, 2.45) is 0 Å². The largest absolute Gasteiger partial charge is 0.481 e. The van der Waals surface area contributed by atoms with Crippen LogP contribution in [0.4, 0.5) is 11.4 Å². The summed E-state index contributed by atoms with van der Waals surface area (Å²) >= 11 is 0. The van der Waals surface area contributed by atoms with Crippen molar-refractivity contribution in [3.8, 4) is 11.1 Å². The second-order valence-electron chi connectivity index (χ2n) is 14.0. The summed E-state index contributed by atoms with van der Waals surface area (Å²) in [5.41, 5.74) is 6.90. The summed E-state index contributed by atoms with van der Waals surface area (Å²) in [6.07, 6.45) is 2.29. The van der Waals surface area contributed by atoms with Gasteiger partial charge in [0.05, 0.1) is 23.7 Å². The topological polar surface area (TPSA) is 155 Å². The minimum Gasteiger partial charge on any atom is -0.481 e. The van der Waals surface area contributed by atoms with Crippen molar-refractivity contribution in [3.05, 3.63) is 129 Å². The van der Waals surface area contributed by atoms with Gasteiger partial charge in [-0.1, -0.05) is 73.2 Å². The predicted molar refractivity (Wildman–Crippen MR) is 205 cm³/mol. The number of anilines is 1. The third-order valence-corrected chi connectivity index (χ3v) is 10.1. The molecule has 3 atom stereocenters. The molecule has 2 aliphatic heterocycles. The number of rotatable bonds is 16. The second-order valence-corrected chi connectivity index (χ2v) is 14.0. The highest BCUT2D eigenvalue weighted by Gasteiger charge is 2.34. The van der Waals surface area contributed by atoms with E-state index < -0.39 is 12.3 Å². The summed E-state index contributed by atoms with van der Waals surface area (Å²) in [5, 5.41) is 32.4. The van der Waals surface area contributed by atoms with Crippen LogP contribution < -0.4 is 10.2 Å². The molecule has 12 nitrogen and oxygen atoms in total. The maximum Gasteiger partial charge on any atom is 0.303 e. The average molecular weight is 737 g/mol. The Morgan fingerprint density at radius 3 is 2.19 bits per heavy atom. The van der Waals surface area contributed by atoms with Crippen LogP contribution in [0.5, 0.6) is 0 Å². The molecule has 2 heterocycles. The normalized spacial score (nSPS) is 19.0. The summed E-state index contributed by atoms with van der Waals surface area (Å²) in [4.78, 5) is 38.4. The molecule has 2 aliphatic rings. The molecule has 0 aromatic heterocycles. The number of hydrogen-bond acceptors (Lipinski definition) is 9. The van der Waals surface area contributed by atoms with E-state index >= 15 is 0 Å². The van der Waals surface area contributed by atoms with E-state index in [-0.39, 0.29) is 41.8 Å². The van der Waals surface area contributed by atoms with Crippen LogP contribution >= 0.6 is 0 Å². The number of carboxylic acid groups (broad SMARTS) is 1. The number of carbonyl (C=O) groups is 2. The van der Waals surface area contributed by atoms with Gasteiger partial charge in [-0.05, 0) is 58.9 Å². The van der Waals surface area contributed by atoms with E-state index in [0.29, 0.717) is 38.6 Å². The Morgan fingerprint density at radius 1 is 0.796 bits per heavy atom. The highest BCUT2D eigenvalue weighted by molar-refractivity contribution is 5.76. The lowest BCUT2D eigenvalue weighted by atomic mass is 9.98. The minimum absolute atomic E-state index is 0.0203. The summed E-state index contributed by atoms with van der Waals surface area (Å²) < 4.78 is 13.2. The number of nitro benzene ring substituents is 1. The lowest BCUT2D eigenvalue weighted by molar-refractivity contribution is -0.384. The van der Waals surface area contributed by atoms with Gasteiger partial charge >= 0.3 is 5.97 Å². The SMILES string of the molecule is O=C(O)CCCCCC(=O)NCc1cccc(-c2ccc([C@@H]3O[C@H](CN4CCN(c5ccc([N+](=O)[O-])cc5)CC4)C[C@H](c4ccc(CO)cc4)O3)cc2)c1. The monoisotopic (exact) mass is 736 g/mol. The summed E-state index contributed by atoms with van der Waals surface area (Å²) in [5.74, 6) is -0.853. The second kappa shape index (κ2) is 18.8. The van der Waals surface area contributed by atoms with Gasteiger partial charge in [0.25, 0.3) is 5.69 Å². The Labute approximate surface area is 315 Å². The number of amides is 1. The van der Waals surface area contributed by atoms with Crippen LogP contribution in [0, 0.1) is 10.1 Å². The molecule has 54 heavy (non-hydrogen) atoms. The van der Waals surface area contributed by atoms with E-state index in [0.717, 1.165) is 71.8 Å². The van der Waals surface area contributed by atoms with Gasteiger partial charge in [-0.2, -0.15) is 0 Å². The van der Waals surface area contributed by atoms with Crippen molar-refractivity contribution in [2.45, 2.75) is 70.2 Å². The quantitative estimate of drug-likeness (QED) is 0.0638. The Hall–Kier alpha value is -5.14. The third kappa shape index (κ3) is 10.7. The Kier molecular flexibility index (Phi) is 13.4. The number of benzene rings is 4. The first-order chi connectivity index (χ1) is 26.2. The van der Waals surface area contributed by atoms with Crippen molar-refractivity contribution in [1.29, 1.82) is 0 Å². The van der Waals surface area contributed by atoms with Crippen molar-refractivity contribution >= 4 is 23.3 Å². The van der Waals surface area contributed by atoms with Crippen molar-refractivity contribution in [1.82, 2.24) is 10.2 Å². The van der Waals surface area contributed by atoms with E-state index in [1.807, 2.05) is 66.7 Å². The molecule has 3 N–H and O–H groups in total. The molecule has 284 valence electrons. The van der Waals surface area contributed by atoms with Gasteiger partial charge < -0.3 is 29.9 Å². The van der Waals surface area contributed by atoms with Crippen LogP contribution in [0.25, 0.3) is 11.1 Å². The molecular weight excluding hydrogens is 688 g/mol. The average Bonchev–Trinajstić information content (AvgIpc) is 3.20. The van der Waals surface area contributed by atoms with Gasteiger partial charge in [0.2, 0.25) is 5.91 Å². The standard InChI is InChI=1S/C42H48N4O8/c47-29-30-9-11-33(12-10-30)39-26-38(28-44-21-23-45(24-22-44)36-17-19-37(20-18-36)46(51)52)53-42(54-39)34-15-13-32(14-16-34)35-6-4-5-31(25-35)27-43-40(48)7-2-1-3-8-41(49)50/h4-6,9-20,25,38-39,42,47H,1-3,7-8,21-24,26-29H2,(H,43,48)(H,49,50)/t38-,39+,42+/m0/s1. The van der Waals surface area contributed by atoms with Gasteiger partial charge in [0.1, 0.15) is 0 Å². The number of unbranched alkanes of at least 4 members (excludes halogenated alkanes) is 2. The van der Waals surface area contributed by atoms with Crippen LogP contribution in [0.1, 0.15) is 73.2 Å². The van der Waals surface area contributed by atoms with Gasteiger partial charge in [-0.15, -0.1) is 0 Å². The molecule has 1 amide bonds. The number of hydrogen-bond donors (Lipinski definition) is 3. The predicted octanol–water partition coefficient (Wildman–Crippen LogP) is 6.77. The lowest BCUT2D eigenvalue weighted by Gasteiger charge is -2.41. The van der Waals surface area contributed by atoms with E-state index in [2.05, 4.69) is 33.3 Å². The zero-order chi connectivity index (χ0) is 37.9. The van der Waals surface area contributed by atoms with Crippen LogP contribution in [-0.4, -0.2) is 70.7 Å². The molecule has 2 fully saturated rings. The molecule has 0 saturated carbocycles. The van der Waals surface area contributed by atoms with E-state index in [9.17, 15) is 24.8 Å². The Bertz CT molecular complexity index is 1840. The summed E-state index contributed by atoms with van der Waals surface area (Å²) in [7, 11) is 0. The number of aliphatic hydroxyl groups is 1. The van der Waals surface area contributed by atoms with Crippen molar-refractivity contribution in [2.75, 3.05) is 37.6 Å². The maximum atomic E-state index is 12.3. The van der Waals surface area contributed by atoms with Crippen LogP contribution in [0.3, 0.4) is 0 Å². The molecule has 6 rings (SSSR count). The number of carbonyl (C=O) groups excluding carboxylic acids is 1. The third-order valence-electron chi connectivity index (χ3n) is 10.1. The number of carboxylic acids is 1. The van der Waals surface area contributed by atoms with Gasteiger partial charge in [0, 0.05) is 81.9 Å². The number of aliphatic carboxylic acids is 1. The highest BCUT2D eigenvalue weighted by Crippen LogP contribution is 2.39. The summed E-state index contributed by atoms with van der Waals surface area (Å²) in [6, 6.07) is 30.9. The van der Waals surface area contributed by atoms with E-state index in [1.54, 1.807) is 12.1 Å². The molecular formula is C42H48N4O8. The minimum atomic E-state index is -0.810. The number of ether oxygens (including phenoxy) is 2. The number of nitrogens with zero attached hydrogens (tertiary/aromatic N) is 3. The van der Waals surface area contributed by atoms with Crippen molar-refractivity contribution < 1.29 is 34.2 Å². The highest BCUT2D eigenvalue weighted by atomic mass is 16.7. The van der Waals surface area contributed by atoms with Crippen LogP contribution in [-0.2, 0) is 32.2 Å². The maximum absolute atomic E-state index is 12.3. The zero-order valence-corrected chi connectivity index (χ0v) is 30.3. The molecule has 0 radical (unpaired) electrons. The lowest BCUT2D eigenvalue weighted by Crippen LogP contribution is -2.49. The molecule has 12 heteroatoms. The van der Waals surface area contributed by atoms with E-state index in [1.165, 1.54) is 0 Å². The first-order valence-electron chi connectivity index (χ1n) is 18.6. The van der Waals surface area contributed by atoms with Crippen LogP contribution in [0.2, 0.25) is 0 Å². The molecule has 4 aromatic carbocycles. The molecule has 4 aromatic rings. The molecule has 0 aliphatic carbocycles. The number of nitrogens with one attached hydrogen (secondary N) is 1. The molecule has 0 spiro atoms. The molecule has 0 bridgehead atoms.